The van der Waals surface area contributed by atoms with Crippen LogP contribution in [0.5, 0.6) is 0 Å². The van der Waals surface area contributed by atoms with Gasteiger partial charge in [0.25, 0.3) is 0 Å². The Morgan fingerprint density at radius 1 is 0.882 bits per heavy atom. The van der Waals surface area contributed by atoms with Crippen LogP contribution in [0, 0.1) is 5.41 Å². The van der Waals surface area contributed by atoms with Crippen LogP contribution in [0.1, 0.15) is 26.7 Å². The Morgan fingerprint density at radius 2 is 1.35 bits per heavy atom. The van der Waals surface area contributed by atoms with E-state index in [0.29, 0.717) is 0 Å². The Kier molecular flexibility index (Phi) is 4.64. The summed E-state index contributed by atoms with van der Waals surface area (Å²) in [4.78, 5) is -0.212. The summed E-state index contributed by atoms with van der Waals surface area (Å²) in [6.07, 6.45) is 1.68. The van der Waals surface area contributed by atoms with Gasteiger partial charge in [-0.2, -0.15) is 0 Å². The third-order valence-corrected chi connectivity index (χ3v) is 5.36. The highest BCUT2D eigenvalue weighted by Crippen LogP contribution is 2.54. The first-order valence-corrected chi connectivity index (χ1v) is 6.62. The van der Waals surface area contributed by atoms with Crippen molar-refractivity contribution in [3.8, 4) is 0 Å². The van der Waals surface area contributed by atoms with E-state index in [1.807, 2.05) is 0 Å². The van der Waals surface area contributed by atoms with Crippen LogP contribution in [0.15, 0.2) is 0 Å². The Labute approximate surface area is 112 Å². The zero-order chi connectivity index (χ0) is 13.3. The molecule has 0 bridgehead atoms. The Balaban J connectivity index is 3.21. The summed E-state index contributed by atoms with van der Waals surface area (Å²) in [6, 6.07) is 0. The van der Waals surface area contributed by atoms with E-state index in [1.165, 1.54) is 0 Å². The quantitative estimate of drug-likeness (QED) is 0.591. The fraction of sp³-hybridized carbons (Fsp3) is 1.00. The molecule has 1 aliphatic rings. The number of methoxy groups -OCH3 is 4. The number of halogens is 1. The zero-order valence-corrected chi connectivity index (χ0v) is 13.1. The molecule has 0 spiro atoms. The van der Waals surface area contributed by atoms with Gasteiger partial charge in [-0.15, -0.1) is 0 Å². The van der Waals surface area contributed by atoms with Crippen LogP contribution in [0.25, 0.3) is 0 Å². The molecule has 0 aromatic heterocycles. The average Bonchev–Trinajstić information content (AvgIpc) is 2.32. The van der Waals surface area contributed by atoms with E-state index in [4.69, 9.17) is 18.9 Å². The fourth-order valence-electron chi connectivity index (χ4n) is 2.76. The normalized spacial score (nSPS) is 30.2. The van der Waals surface area contributed by atoms with E-state index in [1.54, 1.807) is 28.4 Å². The van der Waals surface area contributed by atoms with Gasteiger partial charge in [0.05, 0.1) is 0 Å². The summed E-state index contributed by atoms with van der Waals surface area (Å²) in [5.74, 6) is -1.50. The second-order valence-corrected chi connectivity index (χ2v) is 5.96. The zero-order valence-electron chi connectivity index (χ0n) is 11.5. The fourth-order valence-corrected chi connectivity index (χ4v) is 4.35. The van der Waals surface area contributed by atoms with Crippen molar-refractivity contribution < 1.29 is 18.9 Å². The monoisotopic (exact) mass is 310 g/mol. The number of rotatable bonds is 4. The van der Waals surface area contributed by atoms with E-state index in [0.717, 1.165) is 12.8 Å². The molecule has 1 rings (SSSR count). The van der Waals surface area contributed by atoms with Gasteiger partial charge in [-0.1, -0.05) is 29.8 Å². The Bertz CT molecular complexity index is 259. The lowest BCUT2D eigenvalue weighted by Gasteiger charge is -2.56. The molecule has 1 saturated carbocycles. The predicted octanol–water partition coefficient (Wildman–Crippen LogP) is 2.55. The van der Waals surface area contributed by atoms with E-state index < -0.39 is 11.6 Å². The topological polar surface area (TPSA) is 36.9 Å². The SMILES string of the molecule is COC1(OC)CCC(C)(C)C(OC)(OC)C1Br. The van der Waals surface area contributed by atoms with Crippen LogP contribution >= 0.6 is 15.9 Å². The summed E-state index contributed by atoms with van der Waals surface area (Å²) in [6.45, 7) is 4.26. The first kappa shape index (κ1) is 15.4. The first-order valence-electron chi connectivity index (χ1n) is 5.70. The van der Waals surface area contributed by atoms with Gasteiger partial charge in [0, 0.05) is 40.3 Å². The molecular formula is C12H23BrO4. The molecule has 0 aliphatic heterocycles. The molecule has 1 aliphatic carbocycles. The van der Waals surface area contributed by atoms with Crippen molar-refractivity contribution in [1.82, 2.24) is 0 Å². The van der Waals surface area contributed by atoms with Gasteiger partial charge < -0.3 is 18.9 Å². The molecular weight excluding hydrogens is 288 g/mol. The number of hydrogen-bond donors (Lipinski definition) is 0. The maximum Gasteiger partial charge on any atom is 0.190 e. The molecule has 0 aromatic rings. The van der Waals surface area contributed by atoms with E-state index in [2.05, 4.69) is 29.8 Å². The highest BCUT2D eigenvalue weighted by Gasteiger charge is 2.63. The molecule has 0 aromatic carbocycles. The molecule has 1 fully saturated rings. The molecule has 4 nitrogen and oxygen atoms in total. The van der Waals surface area contributed by atoms with Gasteiger partial charge in [-0.3, -0.25) is 0 Å². The number of alkyl halides is 1. The van der Waals surface area contributed by atoms with Crippen molar-refractivity contribution in [3.05, 3.63) is 0 Å². The predicted molar refractivity (Wildman–Crippen MR) is 69.2 cm³/mol. The lowest BCUT2D eigenvalue weighted by molar-refractivity contribution is -0.344. The third kappa shape index (κ3) is 2.06. The van der Waals surface area contributed by atoms with Crippen LogP contribution < -0.4 is 0 Å². The molecule has 1 unspecified atom stereocenters. The number of hydrogen-bond acceptors (Lipinski definition) is 4. The van der Waals surface area contributed by atoms with Crippen LogP contribution in [0.4, 0.5) is 0 Å². The molecule has 0 amide bonds. The lowest BCUT2D eigenvalue weighted by atomic mass is 9.69. The minimum absolute atomic E-state index is 0.134. The van der Waals surface area contributed by atoms with E-state index >= 15 is 0 Å². The molecule has 17 heavy (non-hydrogen) atoms. The van der Waals surface area contributed by atoms with Crippen molar-refractivity contribution in [2.45, 2.75) is 43.1 Å². The van der Waals surface area contributed by atoms with Crippen molar-refractivity contribution in [2.75, 3.05) is 28.4 Å². The average molecular weight is 311 g/mol. The maximum absolute atomic E-state index is 5.69. The van der Waals surface area contributed by atoms with Gasteiger partial charge >= 0.3 is 0 Å². The maximum atomic E-state index is 5.69. The smallest absolute Gasteiger partial charge is 0.190 e. The van der Waals surface area contributed by atoms with Gasteiger partial charge in [-0.05, 0) is 6.42 Å². The standard InChI is InChI=1S/C12H23BrO4/c1-10(2)7-8-11(14-3,15-4)9(13)12(10,16-5)17-6/h9H,7-8H2,1-6H3. The molecule has 5 heteroatoms. The van der Waals surface area contributed by atoms with Crippen molar-refractivity contribution >= 4 is 15.9 Å². The van der Waals surface area contributed by atoms with Crippen molar-refractivity contribution in [1.29, 1.82) is 0 Å². The highest BCUT2D eigenvalue weighted by atomic mass is 79.9. The summed E-state index contributed by atoms with van der Waals surface area (Å²) in [5, 5.41) is 0. The van der Waals surface area contributed by atoms with Crippen LogP contribution in [-0.2, 0) is 18.9 Å². The van der Waals surface area contributed by atoms with Crippen LogP contribution in [-0.4, -0.2) is 44.8 Å². The summed E-state index contributed by atoms with van der Waals surface area (Å²) >= 11 is 3.65. The largest absolute Gasteiger partial charge is 0.352 e. The number of ether oxygens (including phenoxy) is 4. The highest BCUT2D eigenvalue weighted by molar-refractivity contribution is 9.09. The molecule has 0 radical (unpaired) electrons. The van der Waals surface area contributed by atoms with Crippen molar-refractivity contribution in [2.24, 2.45) is 5.41 Å². The molecule has 102 valence electrons. The van der Waals surface area contributed by atoms with E-state index in [-0.39, 0.29) is 10.2 Å². The minimum Gasteiger partial charge on any atom is -0.352 e. The summed E-state index contributed by atoms with van der Waals surface area (Å²) in [7, 11) is 6.60. The van der Waals surface area contributed by atoms with E-state index in [9.17, 15) is 0 Å². The second kappa shape index (κ2) is 5.13. The van der Waals surface area contributed by atoms with Crippen LogP contribution in [0.3, 0.4) is 0 Å². The summed E-state index contributed by atoms with van der Waals surface area (Å²) in [5.41, 5.74) is -0.134. The molecule has 1 atom stereocenters. The van der Waals surface area contributed by atoms with Gasteiger partial charge in [-0.25, -0.2) is 0 Å². The Morgan fingerprint density at radius 3 is 1.71 bits per heavy atom. The molecule has 0 N–H and O–H groups in total. The minimum atomic E-state index is -0.780. The van der Waals surface area contributed by atoms with Crippen LogP contribution in [0.2, 0.25) is 0 Å². The van der Waals surface area contributed by atoms with Crippen molar-refractivity contribution in [3.63, 3.8) is 0 Å². The third-order valence-electron chi connectivity index (χ3n) is 4.06. The van der Waals surface area contributed by atoms with Gasteiger partial charge in [0.2, 0.25) is 0 Å². The Hall–Kier alpha value is 0.320. The lowest BCUT2D eigenvalue weighted by Crippen LogP contribution is -2.67. The van der Waals surface area contributed by atoms with Gasteiger partial charge in [0.1, 0.15) is 4.83 Å². The first-order chi connectivity index (χ1) is 7.85. The molecule has 0 saturated heterocycles. The van der Waals surface area contributed by atoms with Gasteiger partial charge in [0.15, 0.2) is 11.6 Å². The summed E-state index contributed by atoms with van der Waals surface area (Å²) < 4.78 is 22.5. The molecule has 0 heterocycles. The second-order valence-electron chi connectivity index (χ2n) is 5.04.